The molecule has 0 aromatic heterocycles. The lowest BCUT2D eigenvalue weighted by molar-refractivity contribution is -0.0463. The summed E-state index contributed by atoms with van der Waals surface area (Å²) in [5, 5.41) is 3.25. The Balaban J connectivity index is 2.37. The van der Waals surface area contributed by atoms with Gasteiger partial charge in [0, 0.05) is 15.6 Å². The third-order valence-electron chi connectivity index (χ3n) is 2.89. The molecule has 1 aliphatic rings. The van der Waals surface area contributed by atoms with Crippen LogP contribution in [0.15, 0.2) is 18.2 Å². The largest absolute Gasteiger partial charge is 0.440 e. The summed E-state index contributed by atoms with van der Waals surface area (Å²) in [5.41, 5.74) is 5.53. The van der Waals surface area contributed by atoms with Gasteiger partial charge in [-0.1, -0.05) is 29.3 Å². The number of halogens is 2. The molecule has 0 radical (unpaired) electrons. The summed E-state index contributed by atoms with van der Waals surface area (Å²) in [7, 11) is 0. The number of rotatable bonds is 2. The third kappa shape index (κ3) is 3.08. The molecule has 3 unspecified atom stereocenters. The van der Waals surface area contributed by atoms with E-state index in [4.69, 9.17) is 38.4 Å². The van der Waals surface area contributed by atoms with Crippen molar-refractivity contribution in [3.8, 4) is 0 Å². The normalized spacial score (nSPS) is 25.6. The van der Waals surface area contributed by atoms with E-state index in [0.29, 0.717) is 15.6 Å². The predicted octanol–water partition coefficient (Wildman–Crippen LogP) is 2.63. The Bertz CT molecular complexity index is 552. The van der Waals surface area contributed by atoms with Crippen molar-refractivity contribution >= 4 is 35.4 Å². The van der Waals surface area contributed by atoms with Gasteiger partial charge in [-0.15, -0.1) is 0 Å². The molecule has 0 spiro atoms. The first-order chi connectivity index (χ1) is 9.38. The smallest absolute Gasteiger partial charge is 0.408 e. The molecule has 2 amide bonds. The Kier molecular flexibility index (Phi) is 4.25. The van der Waals surface area contributed by atoms with Crippen LogP contribution in [-0.4, -0.2) is 24.3 Å². The molecular formula is C12H12Cl2N2O4. The van der Waals surface area contributed by atoms with Gasteiger partial charge in [-0.2, -0.15) is 0 Å². The van der Waals surface area contributed by atoms with E-state index in [9.17, 15) is 9.59 Å². The van der Waals surface area contributed by atoms with Gasteiger partial charge in [0.1, 0.15) is 0 Å². The topological polar surface area (TPSA) is 90.7 Å². The predicted molar refractivity (Wildman–Crippen MR) is 72.7 cm³/mol. The molecule has 0 bridgehead atoms. The molecule has 1 aromatic rings. The quantitative estimate of drug-likeness (QED) is 0.876. The molecule has 108 valence electrons. The fourth-order valence-corrected chi connectivity index (χ4v) is 2.53. The number of hydrogen-bond donors (Lipinski definition) is 2. The molecule has 0 aliphatic carbocycles. The number of carbonyl (C=O) groups excluding carboxylic acids is 2. The van der Waals surface area contributed by atoms with Crippen LogP contribution in [0.1, 0.15) is 18.6 Å². The van der Waals surface area contributed by atoms with Crippen LogP contribution in [0.25, 0.3) is 0 Å². The van der Waals surface area contributed by atoms with Crippen molar-refractivity contribution in [2.75, 3.05) is 0 Å². The van der Waals surface area contributed by atoms with Crippen LogP contribution in [0.2, 0.25) is 10.0 Å². The fraction of sp³-hybridized carbons (Fsp3) is 0.333. The molecule has 0 saturated carbocycles. The summed E-state index contributed by atoms with van der Waals surface area (Å²) in [6.45, 7) is 1.67. The van der Waals surface area contributed by atoms with Gasteiger partial charge in [0.15, 0.2) is 12.2 Å². The van der Waals surface area contributed by atoms with E-state index in [-0.39, 0.29) is 0 Å². The van der Waals surface area contributed by atoms with Crippen molar-refractivity contribution in [3.63, 3.8) is 0 Å². The van der Waals surface area contributed by atoms with E-state index in [1.807, 2.05) is 0 Å². The first-order valence-electron chi connectivity index (χ1n) is 5.76. The zero-order valence-corrected chi connectivity index (χ0v) is 11.9. The van der Waals surface area contributed by atoms with Crippen molar-refractivity contribution < 1.29 is 19.1 Å². The van der Waals surface area contributed by atoms with Gasteiger partial charge < -0.3 is 20.5 Å². The summed E-state index contributed by atoms with van der Waals surface area (Å²) in [5.74, 6) is 0. The Morgan fingerprint density at radius 2 is 2.15 bits per heavy atom. The first kappa shape index (κ1) is 14.7. The molecule has 1 aliphatic heterocycles. The highest BCUT2D eigenvalue weighted by molar-refractivity contribution is 6.35. The van der Waals surface area contributed by atoms with Crippen LogP contribution in [0.5, 0.6) is 0 Å². The van der Waals surface area contributed by atoms with Crippen molar-refractivity contribution in [2.24, 2.45) is 5.73 Å². The van der Waals surface area contributed by atoms with E-state index in [2.05, 4.69) is 5.32 Å². The van der Waals surface area contributed by atoms with Crippen molar-refractivity contribution in [1.29, 1.82) is 0 Å². The van der Waals surface area contributed by atoms with E-state index >= 15 is 0 Å². The lowest BCUT2D eigenvalue weighted by atomic mass is 9.98. The number of amides is 2. The minimum absolute atomic E-state index is 0.308. The molecule has 3 atom stereocenters. The van der Waals surface area contributed by atoms with Gasteiger partial charge >= 0.3 is 12.2 Å². The lowest BCUT2D eigenvalue weighted by Crippen LogP contribution is -2.53. The minimum Gasteiger partial charge on any atom is -0.440 e. The summed E-state index contributed by atoms with van der Waals surface area (Å²) in [6, 6.07) is 4.25. The number of ether oxygens (including phenoxy) is 2. The average Bonchev–Trinajstić information content (AvgIpc) is 2.32. The van der Waals surface area contributed by atoms with Crippen molar-refractivity contribution in [3.05, 3.63) is 33.8 Å². The maximum atomic E-state index is 11.5. The Hall–Kier alpha value is -1.66. The first-order valence-corrected chi connectivity index (χ1v) is 6.52. The lowest BCUT2D eigenvalue weighted by Gasteiger charge is -2.35. The Morgan fingerprint density at radius 1 is 1.45 bits per heavy atom. The summed E-state index contributed by atoms with van der Waals surface area (Å²) in [4.78, 5) is 22.5. The van der Waals surface area contributed by atoms with Gasteiger partial charge in [-0.05, 0) is 19.1 Å². The molecule has 1 fully saturated rings. The number of carbonyl (C=O) groups is 2. The maximum absolute atomic E-state index is 11.5. The third-order valence-corrected chi connectivity index (χ3v) is 3.45. The molecule has 1 aromatic carbocycles. The van der Waals surface area contributed by atoms with E-state index in [1.165, 1.54) is 6.07 Å². The van der Waals surface area contributed by atoms with Crippen LogP contribution in [-0.2, 0) is 9.47 Å². The second-order valence-corrected chi connectivity index (χ2v) is 5.17. The van der Waals surface area contributed by atoms with E-state index in [0.717, 1.165) is 0 Å². The van der Waals surface area contributed by atoms with Gasteiger partial charge in [-0.25, -0.2) is 9.59 Å². The van der Waals surface area contributed by atoms with Crippen LogP contribution in [0, 0.1) is 0 Å². The Labute approximate surface area is 125 Å². The summed E-state index contributed by atoms with van der Waals surface area (Å²) in [6.07, 6.45) is -3.23. The molecule has 20 heavy (non-hydrogen) atoms. The number of alkyl carbamates (subject to hydrolysis) is 1. The minimum atomic E-state index is -0.961. The Morgan fingerprint density at radius 3 is 2.75 bits per heavy atom. The molecule has 8 heteroatoms. The van der Waals surface area contributed by atoms with Gasteiger partial charge in [-0.3, -0.25) is 0 Å². The molecule has 2 rings (SSSR count). The zero-order valence-electron chi connectivity index (χ0n) is 10.4. The van der Waals surface area contributed by atoms with E-state index in [1.54, 1.807) is 19.1 Å². The second kappa shape index (κ2) is 5.76. The number of cyclic esters (lactones) is 1. The SMILES string of the molecule is CC1NC(=O)OC(c2ccc(Cl)cc2Cl)C1OC(N)=O. The molecule has 1 saturated heterocycles. The number of primary amides is 1. The van der Waals surface area contributed by atoms with E-state index < -0.39 is 30.4 Å². The number of nitrogens with one attached hydrogen (secondary N) is 1. The van der Waals surface area contributed by atoms with Gasteiger partial charge in [0.05, 0.1) is 6.04 Å². The fourth-order valence-electron chi connectivity index (χ4n) is 2.02. The maximum Gasteiger partial charge on any atom is 0.408 e. The highest BCUT2D eigenvalue weighted by Crippen LogP contribution is 2.34. The molecule has 1 heterocycles. The standard InChI is InChI=1S/C12H12Cl2N2O4/c1-5-9(19-11(15)17)10(20-12(18)16-5)7-3-2-6(13)4-8(7)14/h2-5,9-10H,1H3,(H2,15,17)(H,16,18). The highest BCUT2D eigenvalue weighted by atomic mass is 35.5. The number of hydrogen-bond acceptors (Lipinski definition) is 4. The molecular weight excluding hydrogens is 307 g/mol. The average molecular weight is 319 g/mol. The van der Waals surface area contributed by atoms with Crippen LogP contribution in [0.3, 0.4) is 0 Å². The molecule has 3 N–H and O–H groups in total. The summed E-state index contributed by atoms with van der Waals surface area (Å²) < 4.78 is 10.2. The number of nitrogens with two attached hydrogens (primary N) is 1. The second-order valence-electron chi connectivity index (χ2n) is 4.33. The molecule has 6 nitrogen and oxygen atoms in total. The highest BCUT2D eigenvalue weighted by Gasteiger charge is 2.40. The van der Waals surface area contributed by atoms with Gasteiger partial charge in [0.2, 0.25) is 0 Å². The number of benzene rings is 1. The van der Waals surface area contributed by atoms with Crippen molar-refractivity contribution in [1.82, 2.24) is 5.32 Å². The summed E-state index contributed by atoms with van der Waals surface area (Å²) >= 11 is 11.9. The van der Waals surface area contributed by atoms with Crippen LogP contribution >= 0.6 is 23.2 Å². The monoisotopic (exact) mass is 318 g/mol. The zero-order chi connectivity index (χ0) is 14.9. The van der Waals surface area contributed by atoms with Crippen LogP contribution in [0.4, 0.5) is 9.59 Å². The van der Waals surface area contributed by atoms with Crippen LogP contribution < -0.4 is 11.1 Å². The van der Waals surface area contributed by atoms with Gasteiger partial charge in [0.25, 0.3) is 0 Å². The van der Waals surface area contributed by atoms with Crippen molar-refractivity contribution in [2.45, 2.75) is 25.2 Å².